The fourth-order valence-corrected chi connectivity index (χ4v) is 4.46. The van der Waals surface area contributed by atoms with Gasteiger partial charge in [-0.2, -0.15) is 0 Å². The molecule has 9 heteroatoms. The van der Waals surface area contributed by atoms with Gasteiger partial charge >= 0.3 is 7.82 Å². The highest BCUT2D eigenvalue weighted by Crippen LogP contribution is 2.49. The van der Waals surface area contributed by atoms with Gasteiger partial charge in [-0.3, -0.25) is 9.05 Å². The van der Waals surface area contributed by atoms with E-state index in [1.165, 1.54) is 0 Å². The number of nitrogens with zero attached hydrogens (tertiary/aromatic N) is 2. The van der Waals surface area contributed by atoms with Gasteiger partial charge in [-0.25, -0.2) is 9.55 Å². The van der Waals surface area contributed by atoms with Crippen LogP contribution in [0.15, 0.2) is 24.5 Å². The summed E-state index contributed by atoms with van der Waals surface area (Å²) in [5, 5.41) is 0. The Hall–Kier alpha value is -1.28. The zero-order valence-corrected chi connectivity index (χ0v) is 17.8. The van der Waals surface area contributed by atoms with E-state index < -0.39 is 26.1 Å². The normalized spacial score (nSPS) is 25.1. The monoisotopic (exact) mass is 412 g/mol. The van der Waals surface area contributed by atoms with E-state index in [1.54, 1.807) is 20.2 Å². The third kappa shape index (κ3) is 5.00. The van der Waals surface area contributed by atoms with Crippen LogP contribution in [0, 0.1) is 6.92 Å². The lowest BCUT2D eigenvalue weighted by Gasteiger charge is -2.22. The average molecular weight is 412 g/mol. The van der Waals surface area contributed by atoms with Gasteiger partial charge < -0.3 is 18.9 Å². The van der Waals surface area contributed by atoms with Crippen LogP contribution in [0.4, 0.5) is 0 Å². The molecule has 8 nitrogen and oxygen atoms in total. The van der Waals surface area contributed by atoms with Crippen molar-refractivity contribution in [3.63, 3.8) is 0 Å². The van der Waals surface area contributed by atoms with Gasteiger partial charge in [-0.1, -0.05) is 12.1 Å². The van der Waals surface area contributed by atoms with E-state index in [-0.39, 0.29) is 18.9 Å². The number of fused-ring (bicyclic) bond motifs is 1. The Bertz CT molecular complexity index is 852. The summed E-state index contributed by atoms with van der Waals surface area (Å²) in [6, 6.07) is 5.95. The molecule has 156 valence electrons. The summed E-state index contributed by atoms with van der Waals surface area (Å²) in [4.78, 5) is 14.5. The molecule has 1 fully saturated rings. The molecule has 1 saturated heterocycles. The van der Waals surface area contributed by atoms with Crippen molar-refractivity contribution < 1.29 is 28.0 Å². The quantitative estimate of drug-likeness (QED) is 0.656. The number of aryl methyl sites for hydroxylation is 1. The highest BCUT2D eigenvalue weighted by Gasteiger charge is 2.42. The van der Waals surface area contributed by atoms with Gasteiger partial charge in [0.1, 0.15) is 18.4 Å². The standard InChI is InChI=1S/C19H29N2O6P/c1-12(2)24-10-17-16(27-28(22,23)26-13(3)4)9-18(25-17)21-11-20-19-14(5)7-6-8-15(19)21/h6-8,11-13,16-18H,9-10H2,1-5H3,(H,22,23)/t16?,17-,18-/m1/s1. The van der Waals surface area contributed by atoms with Crippen LogP contribution in [0.2, 0.25) is 0 Å². The highest BCUT2D eigenvalue weighted by molar-refractivity contribution is 7.47. The molecule has 0 saturated carbocycles. The van der Waals surface area contributed by atoms with Crippen LogP contribution < -0.4 is 0 Å². The van der Waals surface area contributed by atoms with Gasteiger partial charge in [-0.15, -0.1) is 0 Å². The molecular formula is C19H29N2O6P. The van der Waals surface area contributed by atoms with Crippen molar-refractivity contribution in [1.29, 1.82) is 0 Å². The Balaban J connectivity index is 1.82. The second-order valence-electron chi connectivity index (χ2n) is 7.61. The molecule has 0 aliphatic carbocycles. The van der Waals surface area contributed by atoms with Gasteiger partial charge in [0.05, 0.1) is 36.2 Å². The molecular weight excluding hydrogens is 383 g/mol. The maximum absolute atomic E-state index is 12.3. The van der Waals surface area contributed by atoms with E-state index in [0.717, 1.165) is 16.6 Å². The molecule has 0 spiro atoms. The summed E-state index contributed by atoms with van der Waals surface area (Å²) in [6.07, 6.45) is 0.182. The van der Waals surface area contributed by atoms with Crippen molar-refractivity contribution in [3.8, 4) is 0 Å². The lowest BCUT2D eigenvalue weighted by Crippen LogP contribution is -2.30. The number of benzene rings is 1. The van der Waals surface area contributed by atoms with E-state index in [1.807, 2.05) is 43.5 Å². The molecule has 4 atom stereocenters. The van der Waals surface area contributed by atoms with Crippen molar-refractivity contribution >= 4 is 18.9 Å². The summed E-state index contributed by atoms with van der Waals surface area (Å²) < 4.78 is 36.6. The second kappa shape index (κ2) is 8.61. The Morgan fingerprint density at radius 1 is 1.32 bits per heavy atom. The molecule has 1 aromatic carbocycles. The summed E-state index contributed by atoms with van der Waals surface area (Å²) >= 11 is 0. The summed E-state index contributed by atoms with van der Waals surface area (Å²) in [5.74, 6) is 0. The van der Waals surface area contributed by atoms with Crippen molar-refractivity contribution in [2.45, 2.75) is 71.7 Å². The predicted molar refractivity (Wildman–Crippen MR) is 105 cm³/mol. The third-order valence-corrected chi connectivity index (χ3v) is 5.73. The number of hydrogen-bond acceptors (Lipinski definition) is 6. The van der Waals surface area contributed by atoms with Crippen LogP contribution in [0.25, 0.3) is 11.0 Å². The number of hydrogen-bond donors (Lipinski definition) is 1. The van der Waals surface area contributed by atoms with Crippen molar-refractivity contribution in [2.24, 2.45) is 0 Å². The van der Waals surface area contributed by atoms with Gasteiger partial charge in [-0.05, 0) is 46.2 Å². The van der Waals surface area contributed by atoms with Gasteiger partial charge in [0.25, 0.3) is 0 Å². The number of ether oxygens (including phenoxy) is 2. The lowest BCUT2D eigenvalue weighted by molar-refractivity contribution is -0.0731. The average Bonchev–Trinajstić information content (AvgIpc) is 3.16. The number of phosphoric acid groups is 1. The Kier molecular flexibility index (Phi) is 6.59. The molecule has 2 unspecified atom stereocenters. The number of phosphoric ester groups is 1. The Morgan fingerprint density at radius 2 is 2.07 bits per heavy atom. The summed E-state index contributed by atoms with van der Waals surface area (Å²) in [5.41, 5.74) is 2.92. The van der Waals surface area contributed by atoms with Crippen molar-refractivity contribution in [3.05, 3.63) is 30.1 Å². The molecule has 28 heavy (non-hydrogen) atoms. The van der Waals surface area contributed by atoms with Crippen LogP contribution >= 0.6 is 7.82 Å². The van der Waals surface area contributed by atoms with E-state index in [0.29, 0.717) is 6.42 Å². The lowest BCUT2D eigenvalue weighted by atomic mass is 10.2. The maximum atomic E-state index is 12.3. The first-order chi connectivity index (χ1) is 13.2. The molecule has 0 radical (unpaired) electrons. The Morgan fingerprint density at radius 3 is 2.75 bits per heavy atom. The minimum Gasteiger partial charge on any atom is -0.376 e. The summed E-state index contributed by atoms with van der Waals surface area (Å²) in [6.45, 7) is 9.47. The van der Waals surface area contributed by atoms with Gasteiger partial charge in [0.2, 0.25) is 0 Å². The molecule has 1 aromatic heterocycles. The van der Waals surface area contributed by atoms with Crippen molar-refractivity contribution in [1.82, 2.24) is 9.55 Å². The van der Waals surface area contributed by atoms with Gasteiger partial charge in [0, 0.05) is 6.42 Å². The first-order valence-corrected chi connectivity index (χ1v) is 11.0. The van der Waals surface area contributed by atoms with Crippen molar-refractivity contribution in [2.75, 3.05) is 6.61 Å². The molecule has 1 aliphatic heterocycles. The first kappa shape index (κ1) is 21.4. The minimum atomic E-state index is -4.20. The predicted octanol–water partition coefficient (Wildman–Crippen LogP) is 3.97. The van der Waals surface area contributed by atoms with Gasteiger partial charge in [0.15, 0.2) is 0 Å². The van der Waals surface area contributed by atoms with E-state index >= 15 is 0 Å². The van der Waals surface area contributed by atoms with E-state index in [9.17, 15) is 9.46 Å². The molecule has 0 bridgehead atoms. The maximum Gasteiger partial charge on any atom is 0.472 e. The third-order valence-electron chi connectivity index (χ3n) is 4.50. The molecule has 1 N–H and O–H groups in total. The second-order valence-corrected chi connectivity index (χ2v) is 8.97. The fraction of sp³-hybridized carbons (Fsp3) is 0.632. The smallest absolute Gasteiger partial charge is 0.376 e. The zero-order valence-electron chi connectivity index (χ0n) is 16.9. The molecule has 2 heterocycles. The first-order valence-electron chi connectivity index (χ1n) is 9.55. The highest BCUT2D eigenvalue weighted by atomic mass is 31.2. The largest absolute Gasteiger partial charge is 0.472 e. The van der Waals surface area contributed by atoms with Crippen LogP contribution in [-0.4, -0.2) is 45.5 Å². The summed E-state index contributed by atoms with van der Waals surface area (Å²) in [7, 11) is -4.20. The van der Waals surface area contributed by atoms with E-state index in [4.69, 9.17) is 18.5 Å². The van der Waals surface area contributed by atoms with Crippen LogP contribution in [0.5, 0.6) is 0 Å². The van der Waals surface area contributed by atoms with Crippen LogP contribution in [0.3, 0.4) is 0 Å². The minimum absolute atomic E-state index is 0.00729. The molecule has 1 aliphatic rings. The number of imidazole rings is 1. The fourth-order valence-electron chi connectivity index (χ4n) is 3.31. The molecule has 3 rings (SSSR count). The SMILES string of the molecule is Cc1cccc2c1ncn2[C@H]1CC(OP(=O)(O)OC(C)C)[C@@H](COC(C)C)O1. The number of rotatable bonds is 8. The zero-order chi connectivity index (χ0) is 20.5. The topological polar surface area (TPSA) is 92.0 Å². The molecule has 2 aromatic rings. The van der Waals surface area contributed by atoms with Crippen LogP contribution in [-0.2, 0) is 23.1 Å². The number of para-hydroxylation sites is 1. The van der Waals surface area contributed by atoms with Crippen LogP contribution in [0.1, 0.15) is 45.9 Å². The Labute approximate surface area is 165 Å². The van der Waals surface area contributed by atoms with E-state index in [2.05, 4.69) is 4.98 Å². The number of aromatic nitrogens is 2. The molecule has 0 amide bonds.